The number of hydrogen-bond donors (Lipinski definition) is 1. The lowest BCUT2D eigenvalue weighted by atomic mass is 9.96. The van der Waals surface area contributed by atoms with Gasteiger partial charge in [-0.05, 0) is 85.6 Å². The summed E-state index contributed by atoms with van der Waals surface area (Å²) in [5, 5.41) is 5.61. The minimum atomic E-state index is -3.96. The molecule has 5 rings (SSSR count). The first-order valence-corrected chi connectivity index (χ1v) is 16.4. The van der Waals surface area contributed by atoms with E-state index in [1.54, 1.807) is 101 Å². The van der Waals surface area contributed by atoms with Gasteiger partial charge in [-0.1, -0.05) is 78.9 Å². The Bertz CT molecular complexity index is 1770. The summed E-state index contributed by atoms with van der Waals surface area (Å²) in [5.41, 5.74) is 0.342. The molecule has 0 heterocycles. The summed E-state index contributed by atoms with van der Waals surface area (Å²) < 4.78 is 28.5. The Morgan fingerprint density at radius 1 is 0.756 bits per heavy atom. The molecule has 0 aliphatic carbocycles. The van der Waals surface area contributed by atoms with Crippen molar-refractivity contribution in [2.45, 2.75) is 38.8 Å². The molecule has 0 saturated carbocycles. The molecule has 230 valence electrons. The lowest BCUT2D eigenvalue weighted by molar-refractivity contribution is -0.117. The summed E-state index contributed by atoms with van der Waals surface area (Å²) >= 11 is 0. The van der Waals surface area contributed by atoms with E-state index >= 15 is 4.57 Å². The summed E-state index contributed by atoms with van der Waals surface area (Å²) in [6, 6.07) is 37.4. The Morgan fingerprint density at radius 3 is 1.89 bits per heavy atom. The normalized spacial score (nSPS) is 12.3. The highest BCUT2D eigenvalue weighted by molar-refractivity contribution is 7.77. The number of amides is 2. The quantitative estimate of drug-likeness (QED) is 0.168. The Labute approximate surface area is 264 Å². The molecule has 1 atom stereocenters. The number of carbonyl (C=O) groups excluding carboxylic acids is 2. The van der Waals surface area contributed by atoms with Gasteiger partial charge in [0, 0.05) is 16.3 Å². The van der Waals surface area contributed by atoms with Crippen LogP contribution in [0.15, 0.2) is 127 Å². The van der Waals surface area contributed by atoms with E-state index in [0.717, 1.165) is 10.8 Å². The lowest BCUT2D eigenvalue weighted by Crippen LogP contribution is -2.43. The third-order valence-corrected chi connectivity index (χ3v) is 10.4. The van der Waals surface area contributed by atoms with Crippen LogP contribution >= 0.6 is 7.29 Å². The first kappa shape index (κ1) is 31.6. The number of nitrogens with one attached hydrogen (secondary N) is 1. The van der Waals surface area contributed by atoms with Crippen molar-refractivity contribution in [3.05, 3.63) is 133 Å². The van der Waals surface area contributed by atoms with Crippen LogP contribution in [0.4, 0.5) is 10.5 Å². The van der Waals surface area contributed by atoms with Crippen LogP contribution in [-0.4, -0.2) is 29.4 Å². The minimum Gasteiger partial charge on any atom is -0.497 e. The second-order valence-electron chi connectivity index (χ2n) is 11.6. The summed E-state index contributed by atoms with van der Waals surface area (Å²) in [4.78, 5) is 28.4. The molecule has 2 amide bonds. The topological polar surface area (TPSA) is 84.9 Å². The second kappa shape index (κ2) is 13.4. The predicted octanol–water partition coefficient (Wildman–Crippen LogP) is 8.08. The van der Waals surface area contributed by atoms with Gasteiger partial charge in [0.25, 0.3) is 0 Å². The minimum absolute atomic E-state index is 0.192. The van der Waals surface area contributed by atoms with Gasteiger partial charge in [0.15, 0.2) is 0 Å². The number of hydrogen-bond acceptors (Lipinski definition) is 5. The van der Waals surface area contributed by atoms with E-state index in [2.05, 4.69) is 5.32 Å². The molecule has 45 heavy (non-hydrogen) atoms. The molecule has 0 aliphatic heterocycles. The van der Waals surface area contributed by atoms with Crippen LogP contribution < -0.4 is 20.7 Å². The third kappa shape index (κ3) is 7.11. The monoisotopic (exact) mass is 620 g/mol. The van der Waals surface area contributed by atoms with Crippen molar-refractivity contribution < 1.29 is 23.6 Å². The van der Waals surface area contributed by atoms with Crippen molar-refractivity contribution >= 4 is 46.4 Å². The van der Waals surface area contributed by atoms with Crippen molar-refractivity contribution in [1.82, 2.24) is 4.67 Å². The standard InChI is InChI=1S/C37H37N2O5P/c1-37(2,3)44-36(41)39(45(42,30-16-7-5-8-17-30)31-18-9-6-10-19-31)34(33-21-13-15-27-14-11-12-20-32(27)33)26-35(40)38-28-22-24-29(43-4)25-23-28/h5-25,34H,26H2,1-4H3,(H,38,40). The van der Waals surface area contributed by atoms with Crippen LogP contribution in [0.1, 0.15) is 38.8 Å². The summed E-state index contributed by atoms with van der Waals surface area (Å²) in [6.07, 6.45) is -0.975. The van der Waals surface area contributed by atoms with Crippen LogP contribution in [0.2, 0.25) is 0 Å². The highest BCUT2D eigenvalue weighted by atomic mass is 31.2. The maximum absolute atomic E-state index is 15.9. The van der Waals surface area contributed by atoms with Crippen LogP contribution in [0.5, 0.6) is 5.75 Å². The number of methoxy groups -OCH3 is 1. The van der Waals surface area contributed by atoms with Gasteiger partial charge in [-0.3, -0.25) is 9.36 Å². The number of rotatable bonds is 9. The first-order valence-electron chi connectivity index (χ1n) is 14.8. The van der Waals surface area contributed by atoms with Gasteiger partial charge in [-0.15, -0.1) is 0 Å². The largest absolute Gasteiger partial charge is 0.497 e. The van der Waals surface area contributed by atoms with E-state index in [0.29, 0.717) is 27.6 Å². The zero-order valence-electron chi connectivity index (χ0n) is 25.8. The average molecular weight is 621 g/mol. The van der Waals surface area contributed by atoms with E-state index in [9.17, 15) is 9.59 Å². The van der Waals surface area contributed by atoms with Crippen molar-refractivity contribution in [1.29, 1.82) is 0 Å². The Balaban J connectivity index is 1.74. The van der Waals surface area contributed by atoms with Gasteiger partial charge in [-0.2, -0.15) is 0 Å². The molecule has 0 spiro atoms. The fourth-order valence-corrected chi connectivity index (χ4v) is 8.15. The Kier molecular flexibility index (Phi) is 9.40. The zero-order valence-corrected chi connectivity index (χ0v) is 26.7. The molecule has 0 bridgehead atoms. The van der Waals surface area contributed by atoms with Gasteiger partial charge >= 0.3 is 6.09 Å². The van der Waals surface area contributed by atoms with Gasteiger partial charge in [-0.25, -0.2) is 9.46 Å². The number of carbonyl (C=O) groups is 2. The van der Waals surface area contributed by atoms with Crippen LogP contribution in [-0.2, 0) is 14.1 Å². The molecule has 8 heteroatoms. The van der Waals surface area contributed by atoms with Crippen LogP contribution in [0, 0.1) is 0 Å². The predicted molar refractivity (Wildman–Crippen MR) is 181 cm³/mol. The highest BCUT2D eigenvalue weighted by Crippen LogP contribution is 2.54. The van der Waals surface area contributed by atoms with Crippen LogP contribution in [0.3, 0.4) is 0 Å². The van der Waals surface area contributed by atoms with Gasteiger partial charge in [0.05, 0.1) is 19.6 Å². The third-order valence-electron chi connectivity index (χ3n) is 7.33. The van der Waals surface area contributed by atoms with E-state index in [4.69, 9.17) is 9.47 Å². The number of anilines is 1. The number of fused-ring (bicyclic) bond motifs is 1. The van der Waals surface area contributed by atoms with Gasteiger partial charge in [0.1, 0.15) is 11.4 Å². The van der Waals surface area contributed by atoms with Crippen molar-refractivity contribution in [3.8, 4) is 5.75 Å². The molecule has 7 nitrogen and oxygen atoms in total. The maximum Gasteiger partial charge on any atom is 0.416 e. The van der Waals surface area contributed by atoms with Gasteiger partial charge < -0.3 is 14.8 Å². The van der Waals surface area contributed by atoms with E-state index in [1.165, 1.54) is 4.67 Å². The van der Waals surface area contributed by atoms with Crippen LogP contribution in [0.25, 0.3) is 10.8 Å². The number of nitrogens with zero attached hydrogens (tertiary/aromatic N) is 1. The molecule has 0 aromatic heterocycles. The molecule has 0 fully saturated rings. The Hall–Kier alpha value is -4.87. The smallest absolute Gasteiger partial charge is 0.416 e. The average Bonchev–Trinajstić information content (AvgIpc) is 3.04. The Morgan fingerprint density at radius 2 is 1.31 bits per heavy atom. The molecular formula is C37H37N2O5P. The molecular weight excluding hydrogens is 583 g/mol. The first-order chi connectivity index (χ1) is 21.6. The fourth-order valence-electron chi connectivity index (χ4n) is 5.34. The molecule has 5 aromatic rings. The SMILES string of the molecule is COc1ccc(NC(=O)CC(c2cccc3ccccc23)N(C(=O)OC(C)(C)C)P(=O)(c2ccccc2)c2ccccc2)cc1. The lowest BCUT2D eigenvalue weighted by Gasteiger charge is -2.39. The van der Waals surface area contributed by atoms with E-state index < -0.39 is 25.0 Å². The fraction of sp³-hybridized carbons (Fsp3) is 0.189. The molecule has 0 saturated heterocycles. The van der Waals surface area contributed by atoms with Crippen molar-refractivity contribution in [3.63, 3.8) is 0 Å². The van der Waals surface area contributed by atoms with E-state index in [-0.39, 0.29) is 12.3 Å². The summed E-state index contributed by atoms with van der Waals surface area (Å²) in [6.45, 7) is 5.30. The summed E-state index contributed by atoms with van der Waals surface area (Å²) in [5.74, 6) is 0.295. The molecule has 5 aromatic carbocycles. The second-order valence-corrected chi connectivity index (χ2v) is 14.3. The number of ether oxygens (including phenoxy) is 2. The molecule has 1 unspecified atom stereocenters. The molecule has 0 radical (unpaired) electrons. The van der Waals surface area contributed by atoms with Crippen molar-refractivity contribution in [2.75, 3.05) is 12.4 Å². The zero-order chi connectivity index (χ0) is 32.0. The van der Waals surface area contributed by atoms with Gasteiger partial charge in [0.2, 0.25) is 13.2 Å². The highest BCUT2D eigenvalue weighted by Gasteiger charge is 2.46. The molecule has 0 aliphatic rings. The van der Waals surface area contributed by atoms with E-state index in [1.807, 2.05) is 54.6 Å². The summed E-state index contributed by atoms with van der Waals surface area (Å²) in [7, 11) is -2.39. The molecule has 1 N–H and O–H groups in total. The maximum atomic E-state index is 15.9. The number of benzene rings is 5. The van der Waals surface area contributed by atoms with Crippen molar-refractivity contribution in [2.24, 2.45) is 0 Å².